The minimum absolute atomic E-state index is 0.499. The lowest BCUT2D eigenvalue weighted by molar-refractivity contribution is 0.0679. The van der Waals surface area contributed by atoms with Crippen LogP contribution in [-0.4, -0.2) is 33.7 Å². The first-order valence-electron chi connectivity index (χ1n) is 5.34. The Morgan fingerprint density at radius 2 is 2.27 bits per heavy atom. The van der Waals surface area contributed by atoms with Crippen molar-refractivity contribution in [2.75, 3.05) is 13.1 Å². The molecular formula is C11H18N2OS. The molecule has 4 heteroatoms. The van der Waals surface area contributed by atoms with E-state index in [-0.39, 0.29) is 0 Å². The molecule has 3 nitrogen and oxygen atoms in total. The standard InChI is InChI=1S/C11H18N2OS/c1-8-9(2)15-10(12-8)6-13-5-4-11(3,14)7-13/h14H,4-7H2,1-3H3. The van der Waals surface area contributed by atoms with Crippen LogP contribution >= 0.6 is 11.3 Å². The molecule has 0 aromatic carbocycles. The summed E-state index contributed by atoms with van der Waals surface area (Å²) in [5.74, 6) is 0. The van der Waals surface area contributed by atoms with Gasteiger partial charge in [-0.2, -0.15) is 0 Å². The summed E-state index contributed by atoms with van der Waals surface area (Å²) in [6, 6.07) is 0. The Morgan fingerprint density at radius 3 is 2.73 bits per heavy atom. The summed E-state index contributed by atoms with van der Waals surface area (Å²) in [4.78, 5) is 8.09. The molecule has 0 radical (unpaired) electrons. The molecule has 1 aliphatic rings. The van der Waals surface area contributed by atoms with Crippen molar-refractivity contribution in [2.45, 2.75) is 39.3 Å². The van der Waals surface area contributed by atoms with Gasteiger partial charge in [-0.15, -0.1) is 11.3 Å². The maximum Gasteiger partial charge on any atom is 0.107 e. The molecular weight excluding hydrogens is 208 g/mol. The zero-order chi connectivity index (χ0) is 11.1. The summed E-state index contributed by atoms with van der Waals surface area (Å²) in [6.45, 7) is 8.70. The van der Waals surface area contributed by atoms with Gasteiger partial charge >= 0.3 is 0 Å². The Labute approximate surface area is 94.8 Å². The van der Waals surface area contributed by atoms with Crippen LogP contribution in [0.25, 0.3) is 0 Å². The van der Waals surface area contributed by atoms with E-state index in [1.54, 1.807) is 11.3 Å². The van der Waals surface area contributed by atoms with Crippen molar-refractivity contribution in [1.82, 2.24) is 9.88 Å². The Hall–Kier alpha value is -0.450. The second-order valence-electron chi connectivity index (χ2n) is 4.71. The highest BCUT2D eigenvalue weighted by molar-refractivity contribution is 7.11. The van der Waals surface area contributed by atoms with Crippen LogP contribution in [0.3, 0.4) is 0 Å². The van der Waals surface area contributed by atoms with Gasteiger partial charge in [0.05, 0.1) is 17.8 Å². The fraction of sp³-hybridized carbons (Fsp3) is 0.727. The van der Waals surface area contributed by atoms with Crippen LogP contribution in [0.2, 0.25) is 0 Å². The first kappa shape index (κ1) is 11.0. The topological polar surface area (TPSA) is 36.4 Å². The average molecular weight is 226 g/mol. The van der Waals surface area contributed by atoms with Gasteiger partial charge in [0.25, 0.3) is 0 Å². The number of nitrogens with zero attached hydrogens (tertiary/aromatic N) is 2. The third-order valence-electron chi connectivity index (χ3n) is 2.96. The van der Waals surface area contributed by atoms with Gasteiger partial charge in [-0.1, -0.05) is 0 Å². The molecule has 15 heavy (non-hydrogen) atoms. The molecule has 2 heterocycles. The number of aliphatic hydroxyl groups is 1. The number of hydrogen-bond donors (Lipinski definition) is 1. The van der Waals surface area contributed by atoms with Crippen LogP contribution in [0.1, 0.15) is 28.9 Å². The van der Waals surface area contributed by atoms with Crippen LogP contribution in [0.5, 0.6) is 0 Å². The molecule has 0 bridgehead atoms. The highest BCUT2D eigenvalue weighted by Gasteiger charge is 2.31. The number of aryl methyl sites for hydroxylation is 2. The van der Waals surface area contributed by atoms with E-state index < -0.39 is 5.60 Å². The molecule has 1 unspecified atom stereocenters. The van der Waals surface area contributed by atoms with Gasteiger partial charge in [-0.25, -0.2) is 4.98 Å². The summed E-state index contributed by atoms with van der Waals surface area (Å²) in [5.41, 5.74) is 0.641. The quantitative estimate of drug-likeness (QED) is 0.834. The third kappa shape index (κ3) is 2.56. The maximum atomic E-state index is 9.84. The molecule has 0 spiro atoms. The van der Waals surface area contributed by atoms with E-state index in [2.05, 4.69) is 23.7 Å². The van der Waals surface area contributed by atoms with Crippen molar-refractivity contribution in [3.8, 4) is 0 Å². The largest absolute Gasteiger partial charge is 0.389 e. The lowest BCUT2D eigenvalue weighted by Crippen LogP contribution is -2.29. The number of β-amino-alcohol motifs (C(OH)–C–C–N with tert-alkyl or cyclic N) is 1. The molecule has 84 valence electrons. The summed E-state index contributed by atoms with van der Waals surface area (Å²) >= 11 is 1.77. The molecule has 1 N–H and O–H groups in total. The normalized spacial score (nSPS) is 27.5. The first-order chi connectivity index (χ1) is 6.96. The van der Waals surface area contributed by atoms with Crippen LogP contribution in [0.4, 0.5) is 0 Å². The van der Waals surface area contributed by atoms with Crippen LogP contribution in [-0.2, 0) is 6.54 Å². The third-order valence-corrected chi connectivity index (χ3v) is 4.02. The van der Waals surface area contributed by atoms with Crippen LogP contribution in [0, 0.1) is 13.8 Å². The summed E-state index contributed by atoms with van der Waals surface area (Å²) < 4.78 is 0. The van der Waals surface area contributed by atoms with Gasteiger partial charge in [-0.3, -0.25) is 4.90 Å². The molecule has 1 atom stereocenters. The monoisotopic (exact) mass is 226 g/mol. The van der Waals surface area contributed by atoms with Gasteiger partial charge in [0.2, 0.25) is 0 Å². The zero-order valence-corrected chi connectivity index (χ0v) is 10.4. The Balaban J connectivity index is 1.98. The van der Waals surface area contributed by atoms with E-state index in [0.717, 1.165) is 31.7 Å². The highest BCUT2D eigenvalue weighted by Crippen LogP contribution is 2.24. The van der Waals surface area contributed by atoms with E-state index >= 15 is 0 Å². The second-order valence-corrected chi connectivity index (χ2v) is 5.99. The van der Waals surface area contributed by atoms with E-state index in [9.17, 15) is 5.11 Å². The van der Waals surface area contributed by atoms with Crippen molar-refractivity contribution in [2.24, 2.45) is 0 Å². The fourth-order valence-electron chi connectivity index (χ4n) is 1.97. The zero-order valence-electron chi connectivity index (χ0n) is 9.58. The van der Waals surface area contributed by atoms with Gasteiger partial charge in [-0.05, 0) is 27.2 Å². The smallest absolute Gasteiger partial charge is 0.107 e. The molecule has 0 aliphatic carbocycles. The molecule has 1 fully saturated rings. The predicted octanol–water partition coefficient (Wildman–Crippen LogP) is 1.72. The van der Waals surface area contributed by atoms with E-state index in [1.165, 1.54) is 9.88 Å². The Kier molecular flexibility index (Phi) is 2.83. The maximum absolute atomic E-state index is 9.84. The lowest BCUT2D eigenvalue weighted by Gasteiger charge is -2.17. The summed E-state index contributed by atoms with van der Waals surface area (Å²) in [5, 5.41) is 11.0. The Bertz CT molecular complexity index is 340. The summed E-state index contributed by atoms with van der Waals surface area (Å²) in [7, 11) is 0. The number of rotatable bonds is 2. The van der Waals surface area contributed by atoms with Crippen molar-refractivity contribution >= 4 is 11.3 Å². The SMILES string of the molecule is Cc1nc(CN2CCC(C)(O)C2)sc1C. The number of thiazole rings is 1. The number of aromatic nitrogens is 1. The van der Waals surface area contributed by atoms with Crippen LogP contribution in [0.15, 0.2) is 0 Å². The lowest BCUT2D eigenvalue weighted by atomic mass is 10.1. The van der Waals surface area contributed by atoms with Crippen molar-refractivity contribution < 1.29 is 5.11 Å². The van der Waals surface area contributed by atoms with Gasteiger partial charge < -0.3 is 5.11 Å². The molecule has 1 aromatic heterocycles. The molecule has 1 saturated heterocycles. The average Bonchev–Trinajstić information content (AvgIpc) is 2.58. The predicted molar refractivity (Wildman–Crippen MR) is 62.1 cm³/mol. The fourth-order valence-corrected chi connectivity index (χ4v) is 2.95. The minimum atomic E-state index is -0.499. The first-order valence-corrected chi connectivity index (χ1v) is 6.15. The van der Waals surface area contributed by atoms with E-state index in [0.29, 0.717) is 0 Å². The molecule has 1 aromatic rings. The highest BCUT2D eigenvalue weighted by atomic mass is 32.1. The number of likely N-dealkylation sites (tertiary alicyclic amines) is 1. The van der Waals surface area contributed by atoms with Crippen molar-refractivity contribution in [1.29, 1.82) is 0 Å². The number of hydrogen-bond acceptors (Lipinski definition) is 4. The molecule has 1 aliphatic heterocycles. The van der Waals surface area contributed by atoms with E-state index in [4.69, 9.17) is 0 Å². The van der Waals surface area contributed by atoms with E-state index in [1.807, 2.05) is 6.92 Å². The van der Waals surface area contributed by atoms with Gasteiger partial charge in [0.1, 0.15) is 5.01 Å². The second kappa shape index (κ2) is 3.85. The van der Waals surface area contributed by atoms with Gasteiger partial charge in [0, 0.05) is 18.0 Å². The molecule has 0 saturated carbocycles. The van der Waals surface area contributed by atoms with Gasteiger partial charge in [0.15, 0.2) is 0 Å². The van der Waals surface area contributed by atoms with Crippen LogP contribution < -0.4 is 0 Å². The van der Waals surface area contributed by atoms with Crippen molar-refractivity contribution in [3.63, 3.8) is 0 Å². The molecule has 0 amide bonds. The Morgan fingerprint density at radius 1 is 1.53 bits per heavy atom. The summed E-state index contributed by atoms with van der Waals surface area (Å²) in [6.07, 6.45) is 0.871. The molecule has 2 rings (SSSR count). The minimum Gasteiger partial charge on any atom is -0.389 e. The van der Waals surface area contributed by atoms with Crippen molar-refractivity contribution in [3.05, 3.63) is 15.6 Å².